The average Bonchev–Trinajstić information content (AvgIpc) is 2.45. The van der Waals surface area contributed by atoms with Gasteiger partial charge in [-0.15, -0.1) is 0 Å². The zero-order valence-electron chi connectivity index (χ0n) is 11.1. The monoisotopic (exact) mass is 279 g/mol. The predicted octanol–water partition coefficient (Wildman–Crippen LogP) is 2.07. The fourth-order valence-corrected chi connectivity index (χ4v) is 2.54. The Morgan fingerprint density at radius 2 is 2.20 bits per heavy atom. The largest absolute Gasteiger partial charge is 0.481 e. The molecular formula is C13H17N3O4. The highest BCUT2D eigenvalue weighted by molar-refractivity contribution is 5.66. The maximum Gasteiger partial charge on any atom is 0.311 e. The van der Waals surface area contributed by atoms with Gasteiger partial charge < -0.3 is 10.0 Å². The van der Waals surface area contributed by atoms with E-state index in [4.69, 9.17) is 5.11 Å². The first kappa shape index (κ1) is 14.2. The van der Waals surface area contributed by atoms with Gasteiger partial charge >= 0.3 is 11.7 Å². The Balaban J connectivity index is 1.97. The van der Waals surface area contributed by atoms with E-state index in [2.05, 4.69) is 4.98 Å². The summed E-state index contributed by atoms with van der Waals surface area (Å²) in [5.74, 6) is 0.0205. The van der Waals surface area contributed by atoms with Gasteiger partial charge in [-0.05, 0) is 31.2 Å². The molecule has 1 aliphatic heterocycles. The van der Waals surface area contributed by atoms with Gasteiger partial charge in [-0.25, -0.2) is 4.98 Å². The molecule has 2 rings (SSSR count). The first-order chi connectivity index (χ1) is 9.58. The summed E-state index contributed by atoms with van der Waals surface area (Å²) >= 11 is 0. The molecule has 0 radical (unpaired) electrons. The highest BCUT2D eigenvalue weighted by atomic mass is 16.6. The lowest BCUT2D eigenvalue weighted by atomic mass is 9.92. The lowest BCUT2D eigenvalue weighted by molar-refractivity contribution is -0.384. The molecule has 108 valence electrons. The first-order valence-electron chi connectivity index (χ1n) is 6.64. The van der Waals surface area contributed by atoms with Crippen LogP contribution >= 0.6 is 0 Å². The molecule has 7 nitrogen and oxygen atoms in total. The van der Waals surface area contributed by atoms with Crippen LogP contribution in [0.3, 0.4) is 0 Å². The molecule has 0 bridgehead atoms. The zero-order valence-corrected chi connectivity index (χ0v) is 11.1. The molecule has 1 aromatic heterocycles. The lowest BCUT2D eigenvalue weighted by Gasteiger charge is -2.32. The van der Waals surface area contributed by atoms with E-state index in [9.17, 15) is 14.9 Å². The predicted molar refractivity (Wildman–Crippen MR) is 72.7 cm³/mol. The van der Waals surface area contributed by atoms with Gasteiger partial charge in [0, 0.05) is 31.8 Å². The van der Waals surface area contributed by atoms with Crippen molar-refractivity contribution >= 4 is 17.5 Å². The normalized spacial score (nSPS) is 16.1. The van der Waals surface area contributed by atoms with Crippen LogP contribution in [0.25, 0.3) is 0 Å². The Morgan fingerprint density at radius 1 is 1.50 bits per heavy atom. The number of aromatic nitrogens is 1. The maximum absolute atomic E-state index is 11.0. The molecule has 0 amide bonds. The lowest BCUT2D eigenvalue weighted by Crippen LogP contribution is -2.34. The second-order valence-electron chi connectivity index (χ2n) is 4.97. The fourth-order valence-electron chi connectivity index (χ4n) is 2.54. The van der Waals surface area contributed by atoms with Crippen LogP contribution in [0, 0.1) is 16.0 Å². The summed E-state index contributed by atoms with van der Waals surface area (Å²) in [6.07, 6.45) is 4.11. The highest BCUT2D eigenvalue weighted by Gasteiger charge is 2.25. The van der Waals surface area contributed by atoms with Gasteiger partial charge in [-0.3, -0.25) is 14.9 Å². The van der Waals surface area contributed by atoms with E-state index in [1.807, 2.05) is 4.90 Å². The van der Waals surface area contributed by atoms with E-state index < -0.39 is 10.9 Å². The molecule has 20 heavy (non-hydrogen) atoms. The Hall–Kier alpha value is -2.18. The molecule has 1 saturated heterocycles. The molecule has 1 fully saturated rings. The molecule has 0 aliphatic carbocycles. The fraction of sp³-hybridized carbons (Fsp3) is 0.538. The Kier molecular flexibility index (Phi) is 4.49. The number of hydrogen-bond donors (Lipinski definition) is 1. The number of piperidine rings is 1. The number of anilines is 1. The van der Waals surface area contributed by atoms with Gasteiger partial charge in [0.25, 0.3) is 0 Å². The zero-order chi connectivity index (χ0) is 14.5. The number of hydrogen-bond acceptors (Lipinski definition) is 5. The van der Waals surface area contributed by atoms with Crippen LogP contribution < -0.4 is 4.90 Å². The number of carboxylic acid groups (broad SMARTS) is 1. The van der Waals surface area contributed by atoms with Crippen LogP contribution in [0.15, 0.2) is 18.3 Å². The van der Waals surface area contributed by atoms with E-state index in [1.54, 1.807) is 12.3 Å². The van der Waals surface area contributed by atoms with Crippen molar-refractivity contribution in [2.45, 2.75) is 25.7 Å². The minimum absolute atomic E-state index is 0.0245. The van der Waals surface area contributed by atoms with Crippen molar-refractivity contribution < 1.29 is 14.8 Å². The average molecular weight is 279 g/mol. The number of carboxylic acids is 1. The van der Waals surface area contributed by atoms with Crippen LogP contribution in [-0.2, 0) is 4.79 Å². The van der Waals surface area contributed by atoms with E-state index in [0.717, 1.165) is 12.8 Å². The van der Waals surface area contributed by atoms with Gasteiger partial charge in [-0.2, -0.15) is 0 Å². The number of nitrogens with zero attached hydrogens (tertiary/aromatic N) is 3. The topological polar surface area (TPSA) is 96.6 Å². The summed E-state index contributed by atoms with van der Waals surface area (Å²) in [4.78, 5) is 27.1. The molecule has 0 unspecified atom stereocenters. The SMILES string of the molecule is O=C(O)CCC1CCN(c2ncccc2[N+](=O)[O-])CC1. The maximum atomic E-state index is 11.0. The van der Waals surface area contributed by atoms with E-state index in [-0.39, 0.29) is 12.1 Å². The van der Waals surface area contributed by atoms with Crippen molar-refractivity contribution in [1.29, 1.82) is 0 Å². The van der Waals surface area contributed by atoms with Gasteiger partial charge in [0.1, 0.15) is 0 Å². The second kappa shape index (κ2) is 6.31. The second-order valence-corrected chi connectivity index (χ2v) is 4.97. The van der Waals surface area contributed by atoms with Crippen LogP contribution in [-0.4, -0.2) is 34.1 Å². The summed E-state index contributed by atoms with van der Waals surface area (Å²) in [6.45, 7) is 1.37. The van der Waals surface area contributed by atoms with Crippen molar-refractivity contribution in [3.63, 3.8) is 0 Å². The Labute approximate surface area is 116 Å². The van der Waals surface area contributed by atoms with E-state index >= 15 is 0 Å². The van der Waals surface area contributed by atoms with Crippen molar-refractivity contribution in [1.82, 2.24) is 4.98 Å². The number of pyridine rings is 1. The summed E-state index contributed by atoms with van der Waals surface area (Å²) in [7, 11) is 0. The molecule has 1 aromatic rings. The molecule has 1 N–H and O–H groups in total. The van der Waals surface area contributed by atoms with Crippen molar-refractivity contribution in [3.8, 4) is 0 Å². The number of carbonyl (C=O) groups is 1. The first-order valence-corrected chi connectivity index (χ1v) is 6.64. The van der Waals surface area contributed by atoms with Crippen molar-refractivity contribution in [2.24, 2.45) is 5.92 Å². The highest BCUT2D eigenvalue weighted by Crippen LogP contribution is 2.30. The molecule has 1 aliphatic rings. The van der Waals surface area contributed by atoms with E-state index in [1.165, 1.54) is 6.07 Å². The minimum atomic E-state index is -0.771. The number of aliphatic carboxylic acids is 1. The third-order valence-electron chi connectivity index (χ3n) is 3.64. The molecule has 0 spiro atoms. The van der Waals surface area contributed by atoms with Crippen LogP contribution in [0.4, 0.5) is 11.5 Å². The van der Waals surface area contributed by atoms with Crippen LogP contribution in [0.2, 0.25) is 0 Å². The van der Waals surface area contributed by atoms with Gasteiger partial charge in [0.2, 0.25) is 5.82 Å². The molecular weight excluding hydrogens is 262 g/mol. The summed E-state index contributed by atoms with van der Waals surface area (Å²) < 4.78 is 0. The molecule has 0 saturated carbocycles. The van der Waals surface area contributed by atoms with Crippen molar-refractivity contribution in [3.05, 3.63) is 28.4 Å². The smallest absolute Gasteiger partial charge is 0.311 e. The summed E-state index contributed by atoms with van der Waals surface area (Å²) in [6, 6.07) is 3.01. The van der Waals surface area contributed by atoms with Crippen molar-refractivity contribution in [2.75, 3.05) is 18.0 Å². The van der Waals surface area contributed by atoms with Gasteiger partial charge in [-0.1, -0.05) is 0 Å². The summed E-state index contributed by atoms with van der Waals surface area (Å²) in [5, 5.41) is 19.7. The Morgan fingerprint density at radius 3 is 2.80 bits per heavy atom. The standard InChI is InChI=1S/C13H17N3O4/c17-12(18)4-3-10-5-8-15(9-6-10)13-11(16(19)20)2-1-7-14-13/h1-2,7,10H,3-6,8-9H2,(H,17,18). The molecule has 7 heteroatoms. The van der Waals surface area contributed by atoms with Gasteiger partial charge in [0.15, 0.2) is 0 Å². The van der Waals surface area contributed by atoms with Crippen LogP contribution in [0.1, 0.15) is 25.7 Å². The quantitative estimate of drug-likeness (QED) is 0.654. The number of nitro groups is 1. The minimum Gasteiger partial charge on any atom is -0.481 e. The van der Waals surface area contributed by atoms with Gasteiger partial charge in [0.05, 0.1) is 4.92 Å². The molecule has 0 atom stereocenters. The van der Waals surface area contributed by atoms with E-state index in [0.29, 0.717) is 31.2 Å². The summed E-state index contributed by atoms with van der Waals surface area (Å²) in [5.41, 5.74) is 0.0245. The molecule has 0 aromatic carbocycles. The Bertz CT molecular complexity index is 498. The molecule has 2 heterocycles. The van der Waals surface area contributed by atoms with Crippen LogP contribution in [0.5, 0.6) is 0 Å². The number of rotatable bonds is 5. The third-order valence-corrected chi connectivity index (χ3v) is 3.64. The third kappa shape index (κ3) is 3.43.